The molecule has 0 spiro atoms. The summed E-state index contributed by atoms with van der Waals surface area (Å²) < 4.78 is 0. The Bertz CT molecular complexity index is 1050. The van der Waals surface area contributed by atoms with Gasteiger partial charge in [-0.1, -0.05) is 264 Å². The van der Waals surface area contributed by atoms with Gasteiger partial charge in [0.05, 0.1) is 0 Å². The third kappa shape index (κ3) is 24.7. The van der Waals surface area contributed by atoms with Crippen molar-refractivity contribution in [1.29, 1.82) is 0 Å². The predicted molar refractivity (Wildman–Crippen MR) is 283 cm³/mol. The minimum atomic E-state index is 0.567. The Balaban J connectivity index is 1.51. The van der Waals surface area contributed by atoms with Crippen LogP contribution in [-0.2, 0) is 0 Å². The maximum absolute atomic E-state index is 2.59. The van der Waals surface area contributed by atoms with Crippen LogP contribution < -0.4 is 0 Å². The lowest BCUT2D eigenvalue weighted by atomic mass is 9.62. The van der Waals surface area contributed by atoms with E-state index in [1.165, 1.54) is 205 Å². The third-order valence-corrected chi connectivity index (χ3v) is 18.9. The average molecular weight is 868 g/mol. The van der Waals surface area contributed by atoms with Crippen molar-refractivity contribution in [2.24, 2.45) is 87.8 Å². The Morgan fingerprint density at radius 1 is 0.387 bits per heavy atom. The molecule has 0 heteroatoms. The topological polar surface area (TPSA) is 0 Å². The molecule has 0 aliphatic heterocycles. The van der Waals surface area contributed by atoms with Crippen molar-refractivity contribution in [2.45, 2.75) is 309 Å². The lowest BCUT2D eigenvalue weighted by Crippen LogP contribution is -2.33. The molecule has 2 fully saturated rings. The Morgan fingerprint density at radius 3 is 1.15 bits per heavy atom. The summed E-state index contributed by atoms with van der Waals surface area (Å²) in [6.45, 7) is 38.2. The summed E-state index contributed by atoms with van der Waals surface area (Å²) in [6.07, 6.45) is 46.6. The minimum Gasteiger partial charge on any atom is -0.0654 e. The van der Waals surface area contributed by atoms with Crippen molar-refractivity contribution in [3.63, 3.8) is 0 Å². The zero-order valence-corrected chi connectivity index (χ0v) is 46.1. The number of unbranched alkanes of at least 4 members (excludes halogenated alkanes) is 4. The molecule has 370 valence electrons. The van der Waals surface area contributed by atoms with Crippen LogP contribution in [0.3, 0.4) is 0 Å². The lowest BCUT2D eigenvalue weighted by Gasteiger charge is -2.43. The molecule has 0 radical (unpaired) electrons. The van der Waals surface area contributed by atoms with Gasteiger partial charge in [-0.15, -0.1) is 0 Å². The standard InChI is InChI=1S/C62H122/c1-16-27-55(9)58(37-22-18-21-30-52(6)47-54(8)34-24-32-50(4)40-43-60-57(11)36-26-45-62(60,14)15)41-38-48(2)28-19-17-20-29-51(5)46-53(7)33-23-31-49(3)39-42-59-56(10)35-25-44-61(59,12)13/h48-60H,16-47H2,1-15H3. The molecular formula is C62H122. The summed E-state index contributed by atoms with van der Waals surface area (Å²) in [7, 11) is 0. The van der Waals surface area contributed by atoms with Crippen LogP contribution in [0.5, 0.6) is 0 Å². The summed E-state index contributed by atoms with van der Waals surface area (Å²) in [6, 6.07) is 0. The molecule has 2 rings (SSSR count). The molecule has 13 unspecified atom stereocenters. The maximum Gasteiger partial charge on any atom is -0.0323 e. The molecule has 0 saturated heterocycles. The van der Waals surface area contributed by atoms with Crippen molar-refractivity contribution in [2.75, 3.05) is 0 Å². The van der Waals surface area contributed by atoms with Crippen LogP contribution >= 0.6 is 0 Å². The molecule has 0 amide bonds. The average Bonchev–Trinajstić information content (AvgIpc) is 3.17. The zero-order valence-electron chi connectivity index (χ0n) is 46.1. The Morgan fingerprint density at radius 2 is 0.742 bits per heavy atom. The van der Waals surface area contributed by atoms with Crippen LogP contribution in [0.25, 0.3) is 0 Å². The highest BCUT2D eigenvalue weighted by atomic mass is 14.4. The molecular weight excluding hydrogens is 745 g/mol. The van der Waals surface area contributed by atoms with Gasteiger partial charge >= 0.3 is 0 Å². The van der Waals surface area contributed by atoms with E-state index in [0.717, 1.165) is 76.9 Å². The molecule has 13 atom stereocenters. The van der Waals surface area contributed by atoms with Crippen molar-refractivity contribution < 1.29 is 0 Å². The molecule has 0 nitrogen and oxygen atoms in total. The number of rotatable bonds is 36. The molecule has 0 N–H and O–H groups in total. The Labute approximate surface area is 395 Å². The van der Waals surface area contributed by atoms with Crippen molar-refractivity contribution in [3.8, 4) is 0 Å². The number of hydrogen-bond acceptors (Lipinski definition) is 0. The van der Waals surface area contributed by atoms with Crippen molar-refractivity contribution in [3.05, 3.63) is 0 Å². The fraction of sp³-hybridized carbons (Fsp3) is 1.00. The van der Waals surface area contributed by atoms with E-state index < -0.39 is 0 Å². The van der Waals surface area contributed by atoms with Gasteiger partial charge in [-0.05, 0) is 133 Å². The molecule has 2 aliphatic rings. The first kappa shape index (κ1) is 58.1. The Kier molecular flexibility index (Phi) is 29.9. The van der Waals surface area contributed by atoms with Gasteiger partial charge in [0.1, 0.15) is 0 Å². The largest absolute Gasteiger partial charge is 0.0654 e. The van der Waals surface area contributed by atoms with Crippen LogP contribution in [0.4, 0.5) is 0 Å². The quantitative estimate of drug-likeness (QED) is 0.0551. The smallest absolute Gasteiger partial charge is 0.0323 e. The van der Waals surface area contributed by atoms with Gasteiger partial charge in [0.2, 0.25) is 0 Å². The van der Waals surface area contributed by atoms with Crippen LogP contribution in [0, 0.1) is 87.8 Å². The van der Waals surface area contributed by atoms with Crippen molar-refractivity contribution >= 4 is 0 Å². The monoisotopic (exact) mass is 867 g/mol. The fourth-order valence-corrected chi connectivity index (χ4v) is 14.4. The van der Waals surface area contributed by atoms with E-state index in [2.05, 4.69) is 104 Å². The summed E-state index contributed by atoms with van der Waals surface area (Å²) in [4.78, 5) is 0. The van der Waals surface area contributed by atoms with Crippen LogP contribution in [-0.4, -0.2) is 0 Å². The summed E-state index contributed by atoms with van der Waals surface area (Å²) in [5.41, 5.74) is 1.13. The van der Waals surface area contributed by atoms with E-state index in [9.17, 15) is 0 Å². The van der Waals surface area contributed by atoms with Gasteiger partial charge in [-0.25, -0.2) is 0 Å². The maximum atomic E-state index is 2.59. The molecule has 62 heavy (non-hydrogen) atoms. The summed E-state index contributed by atoms with van der Waals surface area (Å²) in [5.74, 6) is 12.0. The summed E-state index contributed by atoms with van der Waals surface area (Å²) >= 11 is 0. The molecule has 0 aromatic heterocycles. The normalized spacial score (nSPS) is 26.0. The van der Waals surface area contributed by atoms with E-state index >= 15 is 0 Å². The molecule has 0 aromatic rings. The highest BCUT2D eigenvalue weighted by molar-refractivity contribution is 4.88. The highest BCUT2D eigenvalue weighted by Crippen LogP contribution is 2.48. The van der Waals surface area contributed by atoms with Crippen LogP contribution in [0.2, 0.25) is 0 Å². The van der Waals surface area contributed by atoms with E-state index in [1.54, 1.807) is 0 Å². The second-order valence-corrected chi connectivity index (χ2v) is 26.5. The molecule has 2 aliphatic carbocycles. The summed E-state index contributed by atoms with van der Waals surface area (Å²) in [5, 5.41) is 0. The van der Waals surface area contributed by atoms with Gasteiger partial charge in [0.25, 0.3) is 0 Å². The van der Waals surface area contributed by atoms with E-state index in [0.29, 0.717) is 10.8 Å². The van der Waals surface area contributed by atoms with E-state index in [-0.39, 0.29) is 0 Å². The van der Waals surface area contributed by atoms with Crippen molar-refractivity contribution in [1.82, 2.24) is 0 Å². The molecule has 0 heterocycles. The lowest BCUT2D eigenvalue weighted by molar-refractivity contribution is 0.0705. The Hall–Kier alpha value is 0. The predicted octanol–water partition coefficient (Wildman–Crippen LogP) is 21.8. The van der Waals surface area contributed by atoms with E-state index in [1.807, 2.05) is 0 Å². The van der Waals surface area contributed by atoms with Gasteiger partial charge < -0.3 is 0 Å². The second-order valence-electron chi connectivity index (χ2n) is 26.5. The molecule has 0 bridgehead atoms. The van der Waals surface area contributed by atoms with Gasteiger partial charge in [0, 0.05) is 0 Å². The van der Waals surface area contributed by atoms with Gasteiger partial charge in [-0.2, -0.15) is 0 Å². The fourth-order valence-electron chi connectivity index (χ4n) is 14.4. The first-order chi connectivity index (χ1) is 29.3. The minimum absolute atomic E-state index is 0.567. The highest BCUT2D eigenvalue weighted by Gasteiger charge is 2.37. The SMILES string of the molecule is CCCC(C)C(CCCCCC(C)CC(C)CCCC(C)CCC1C(C)CCCC1(C)C)CCC(C)CCCCCC(C)CC(C)CCCC(C)CCC1C(C)CCCC1(C)C. The van der Waals surface area contributed by atoms with Crippen LogP contribution in [0.1, 0.15) is 309 Å². The van der Waals surface area contributed by atoms with E-state index in [4.69, 9.17) is 0 Å². The third-order valence-electron chi connectivity index (χ3n) is 18.9. The molecule has 0 aromatic carbocycles. The van der Waals surface area contributed by atoms with Crippen LogP contribution in [0.15, 0.2) is 0 Å². The zero-order chi connectivity index (χ0) is 46.1. The molecule has 2 saturated carbocycles. The number of hydrogen-bond donors (Lipinski definition) is 0. The first-order valence-corrected chi connectivity index (χ1v) is 29.3. The second kappa shape index (κ2) is 31.9. The van der Waals surface area contributed by atoms with Gasteiger partial charge in [-0.3, -0.25) is 0 Å². The first-order valence-electron chi connectivity index (χ1n) is 29.3. The van der Waals surface area contributed by atoms with Gasteiger partial charge in [0.15, 0.2) is 0 Å².